The number of nitrogens with one attached hydrogen (secondary N) is 2. The van der Waals surface area contributed by atoms with Crippen molar-refractivity contribution in [3.05, 3.63) is 52.5 Å². The molecule has 4 rings (SSSR count). The van der Waals surface area contributed by atoms with Gasteiger partial charge in [-0.2, -0.15) is 18.4 Å². The summed E-state index contributed by atoms with van der Waals surface area (Å²) >= 11 is 3.49. The fraction of sp³-hybridized carbons (Fsp3) is 0.444. The monoisotopic (exact) mass is 625 g/mol. The molecule has 40 heavy (non-hydrogen) atoms. The van der Waals surface area contributed by atoms with Crippen molar-refractivity contribution in [2.24, 2.45) is 4.99 Å². The van der Waals surface area contributed by atoms with Crippen LogP contribution in [0.25, 0.3) is 0 Å². The largest absolute Gasteiger partial charge is 0.493 e. The number of hydrogen-bond acceptors (Lipinski definition) is 6. The van der Waals surface area contributed by atoms with Crippen molar-refractivity contribution >= 4 is 33.5 Å². The second-order valence-electron chi connectivity index (χ2n) is 9.55. The van der Waals surface area contributed by atoms with Gasteiger partial charge in [0.05, 0.1) is 20.3 Å². The van der Waals surface area contributed by atoms with Gasteiger partial charge in [-0.3, -0.25) is 5.32 Å². The van der Waals surface area contributed by atoms with Crippen LogP contribution in [0.5, 0.6) is 11.5 Å². The lowest BCUT2D eigenvalue weighted by molar-refractivity contribution is -0.192. The average molecular weight is 626 g/mol. The van der Waals surface area contributed by atoms with E-state index in [1.807, 2.05) is 36.5 Å². The highest BCUT2D eigenvalue weighted by Crippen LogP contribution is 2.50. The van der Waals surface area contributed by atoms with Crippen molar-refractivity contribution in [1.29, 1.82) is 5.26 Å². The Labute approximate surface area is 239 Å². The summed E-state index contributed by atoms with van der Waals surface area (Å²) in [4.78, 5) is 16.3. The highest BCUT2D eigenvalue weighted by Gasteiger charge is 2.50. The Morgan fingerprint density at radius 3 is 2.50 bits per heavy atom. The third-order valence-electron chi connectivity index (χ3n) is 7.27. The van der Waals surface area contributed by atoms with E-state index >= 15 is 0 Å². The third kappa shape index (κ3) is 7.37. The lowest BCUT2D eigenvalue weighted by Crippen LogP contribution is -2.47. The number of carboxylic acids is 1. The number of likely N-dealkylation sites (tertiary alicyclic amines) is 1. The zero-order valence-corrected chi connectivity index (χ0v) is 23.8. The summed E-state index contributed by atoms with van der Waals surface area (Å²) in [5.74, 6) is -0.742. The predicted molar refractivity (Wildman–Crippen MR) is 148 cm³/mol. The van der Waals surface area contributed by atoms with E-state index in [9.17, 15) is 18.4 Å². The second-order valence-corrected chi connectivity index (χ2v) is 10.5. The Morgan fingerprint density at radius 1 is 1.20 bits per heavy atom. The van der Waals surface area contributed by atoms with Crippen LogP contribution in [0.1, 0.15) is 31.2 Å². The van der Waals surface area contributed by atoms with Gasteiger partial charge in [0, 0.05) is 21.6 Å². The average Bonchev–Trinajstić information content (AvgIpc) is 3.25. The van der Waals surface area contributed by atoms with Crippen molar-refractivity contribution in [3.63, 3.8) is 0 Å². The van der Waals surface area contributed by atoms with E-state index in [4.69, 9.17) is 24.4 Å². The van der Waals surface area contributed by atoms with Gasteiger partial charge in [-0.25, -0.2) is 9.79 Å². The number of nitriles is 1. The maximum Gasteiger partial charge on any atom is 0.490 e. The lowest BCUT2D eigenvalue weighted by atomic mass is 9.65. The van der Waals surface area contributed by atoms with Crippen LogP contribution in [0.4, 0.5) is 18.9 Å². The van der Waals surface area contributed by atoms with Gasteiger partial charge in [-0.15, -0.1) is 0 Å². The first-order valence-corrected chi connectivity index (χ1v) is 13.2. The standard InChI is InChI=1S/C25H30BrN5O2.C2HF3O2/c1-31-12-11-25(17-7-8-21(32-2)22(13-17)33-3)10-9-20(15-23(25)31)30-24(28-16-27)29-19-6-4-5-18(26)14-19;3-2(4,5)1(6)7/h4-8,13-14,20,23H,9-12,15H2,1-3H3,(H2,28,29,30);(H,6,7). The van der Waals surface area contributed by atoms with E-state index in [0.29, 0.717) is 12.0 Å². The molecule has 1 saturated heterocycles. The number of anilines is 1. The maximum atomic E-state index is 10.6. The molecule has 3 unspecified atom stereocenters. The summed E-state index contributed by atoms with van der Waals surface area (Å²) in [7, 11) is 5.55. The Morgan fingerprint density at radius 2 is 1.90 bits per heavy atom. The van der Waals surface area contributed by atoms with Crippen molar-refractivity contribution < 1.29 is 32.5 Å². The number of rotatable bonds is 5. The van der Waals surface area contributed by atoms with Gasteiger partial charge < -0.3 is 24.8 Å². The van der Waals surface area contributed by atoms with Crippen LogP contribution in [0.2, 0.25) is 0 Å². The molecular formula is C27H31BrF3N5O4. The summed E-state index contributed by atoms with van der Waals surface area (Å²) in [6.07, 6.45) is 0.957. The van der Waals surface area contributed by atoms with Crippen LogP contribution in [0.3, 0.4) is 0 Å². The van der Waals surface area contributed by atoms with Crippen LogP contribution < -0.4 is 20.1 Å². The second kappa shape index (κ2) is 13.2. The summed E-state index contributed by atoms with van der Waals surface area (Å²) in [6, 6.07) is 14.7. The lowest BCUT2D eigenvalue weighted by Gasteiger charge is -2.44. The van der Waals surface area contributed by atoms with Gasteiger partial charge in [-0.05, 0) is 75.2 Å². The normalized spacial score (nSPS) is 22.7. The highest BCUT2D eigenvalue weighted by molar-refractivity contribution is 9.10. The number of ether oxygens (including phenoxy) is 2. The van der Waals surface area contributed by atoms with E-state index in [-0.39, 0.29) is 11.5 Å². The summed E-state index contributed by atoms with van der Waals surface area (Å²) < 4.78 is 43.7. The van der Waals surface area contributed by atoms with Gasteiger partial charge in [0.25, 0.3) is 0 Å². The number of aliphatic imine (C=N–C) groups is 1. The smallest absolute Gasteiger partial charge is 0.490 e. The number of nitrogens with zero attached hydrogens (tertiary/aromatic N) is 3. The number of methoxy groups -OCH3 is 2. The molecule has 13 heteroatoms. The van der Waals surface area contributed by atoms with E-state index < -0.39 is 12.1 Å². The van der Waals surface area contributed by atoms with Crippen LogP contribution in [0, 0.1) is 11.5 Å². The van der Waals surface area contributed by atoms with Crippen molar-refractivity contribution in [3.8, 4) is 17.7 Å². The molecule has 0 aromatic heterocycles. The Balaban J connectivity index is 0.000000559. The third-order valence-corrected chi connectivity index (χ3v) is 7.77. The van der Waals surface area contributed by atoms with Gasteiger partial charge in [0.2, 0.25) is 5.96 Å². The minimum absolute atomic E-state index is 0.0703. The van der Waals surface area contributed by atoms with Crippen LogP contribution >= 0.6 is 15.9 Å². The Kier molecular flexibility index (Phi) is 10.3. The fourth-order valence-electron chi connectivity index (χ4n) is 5.40. The number of carbonyl (C=O) groups is 1. The molecule has 2 aromatic rings. The molecule has 9 nitrogen and oxygen atoms in total. The first kappa shape index (κ1) is 31.0. The molecular weight excluding hydrogens is 595 g/mol. The minimum atomic E-state index is -5.08. The molecule has 2 aromatic carbocycles. The molecule has 1 heterocycles. The van der Waals surface area contributed by atoms with Crippen LogP contribution in [-0.2, 0) is 10.2 Å². The van der Waals surface area contributed by atoms with E-state index in [1.165, 1.54) is 5.56 Å². The molecule has 1 aliphatic carbocycles. The fourth-order valence-corrected chi connectivity index (χ4v) is 5.79. The summed E-state index contributed by atoms with van der Waals surface area (Å²) in [6.45, 7) is 1.05. The Hall–Kier alpha value is -3.50. The number of benzene rings is 2. The number of aliphatic carboxylic acids is 1. The molecule has 0 bridgehead atoms. The van der Waals surface area contributed by atoms with Crippen LogP contribution in [-0.4, -0.2) is 68.0 Å². The number of hydrogen-bond donors (Lipinski definition) is 3. The van der Waals surface area contributed by atoms with Gasteiger partial charge in [0.15, 0.2) is 17.7 Å². The molecule has 216 valence electrons. The number of halogens is 4. The first-order chi connectivity index (χ1) is 18.9. The number of fused-ring (bicyclic) bond motifs is 1. The molecule has 0 spiro atoms. The molecule has 1 aliphatic heterocycles. The van der Waals surface area contributed by atoms with Crippen LogP contribution in [0.15, 0.2) is 51.9 Å². The molecule has 2 fully saturated rings. The minimum Gasteiger partial charge on any atom is -0.493 e. The molecule has 0 amide bonds. The number of likely N-dealkylation sites (N-methyl/N-ethyl adjacent to an activating group) is 1. The molecule has 1 saturated carbocycles. The van der Waals surface area contributed by atoms with E-state index in [2.05, 4.69) is 50.6 Å². The molecule has 3 N–H and O–H groups in total. The first-order valence-electron chi connectivity index (χ1n) is 12.4. The summed E-state index contributed by atoms with van der Waals surface area (Å²) in [5.41, 5.74) is 2.25. The zero-order chi connectivity index (χ0) is 29.5. The van der Waals surface area contributed by atoms with E-state index in [0.717, 1.165) is 53.9 Å². The Bertz CT molecular complexity index is 1270. The number of guanidine groups is 1. The predicted octanol–water partition coefficient (Wildman–Crippen LogP) is 5.13. The zero-order valence-electron chi connectivity index (χ0n) is 22.3. The molecule has 3 atom stereocenters. The van der Waals surface area contributed by atoms with Gasteiger partial charge in [-0.1, -0.05) is 28.1 Å². The topological polar surface area (TPSA) is 119 Å². The van der Waals surface area contributed by atoms with Crippen molar-refractivity contribution in [1.82, 2.24) is 10.2 Å². The molecule has 0 radical (unpaired) electrons. The summed E-state index contributed by atoms with van der Waals surface area (Å²) in [5, 5.41) is 22.3. The number of carboxylic acid groups (broad SMARTS) is 1. The maximum absolute atomic E-state index is 10.6. The SMILES string of the molecule is COc1ccc(C23CCC(/N=C(/NC#N)Nc4cccc(Br)c4)CC2N(C)CC3)cc1OC.O=C(O)C(F)(F)F. The van der Waals surface area contributed by atoms with Gasteiger partial charge >= 0.3 is 12.1 Å². The van der Waals surface area contributed by atoms with Gasteiger partial charge in [0.1, 0.15) is 0 Å². The van der Waals surface area contributed by atoms with Crippen molar-refractivity contribution in [2.75, 3.05) is 33.1 Å². The quantitative estimate of drug-likeness (QED) is 0.181. The van der Waals surface area contributed by atoms with Crippen molar-refractivity contribution in [2.45, 2.75) is 49.4 Å². The molecule has 2 aliphatic rings. The highest BCUT2D eigenvalue weighted by atomic mass is 79.9. The van der Waals surface area contributed by atoms with E-state index in [1.54, 1.807) is 14.2 Å². The number of alkyl halides is 3.